The van der Waals surface area contributed by atoms with E-state index in [4.69, 9.17) is 0 Å². The predicted molar refractivity (Wildman–Crippen MR) is 239 cm³/mol. The Hall–Kier alpha value is -6.38. The standard InChI is InChI=1S/C56H40BN/c1-53(2)39-23-13-24-40-49(39)57-50-41(53)25-14-27-43(50)56(44-28-15-26-42(51(44)57)54(40,3)4)38-22-10-12-32-48(38)58-47-31-11-9-21-37(47)55(45-29-16-30-46(56)52(45)58)35-19-7-5-17-33(35)34-18-6-8-20-36(34)55/h5-32H,1-4H3. The minimum absolute atomic E-state index is 0.162. The van der Waals surface area contributed by atoms with Crippen molar-refractivity contribution in [1.82, 2.24) is 0 Å². The monoisotopic (exact) mass is 737 g/mol. The summed E-state index contributed by atoms with van der Waals surface area (Å²) in [5.41, 5.74) is 26.7. The molecule has 8 aromatic carbocycles. The molecular formula is C56H40BN. The Kier molecular flexibility index (Phi) is 5.47. The molecule has 5 heterocycles. The number of para-hydroxylation sites is 3. The summed E-state index contributed by atoms with van der Waals surface area (Å²) in [7, 11) is 0. The van der Waals surface area contributed by atoms with Gasteiger partial charge in [-0.15, -0.1) is 0 Å². The van der Waals surface area contributed by atoms with Crippen molar-refractivity contribution in [2.75, 3.05) is 4.90 Å². The molecule has 0 radical (unpaired) electrons. The van der Waals surface area contributed by atoms with Crippen LogP contribution in [0, 0.1) is 0 Å². The van der Waals surface area contributed by atoms with Gasteiger partial charge in [0, 0.05) is 10.8 Å². The van der Waals surface area contributed by atoms with E-state index in [9.17, 15) is 0 Å². The lowest BCUT2D eigenvalue weighted by molar-refractivity contribution is 0.612. The molecule has 0 amide bonds. The van der Waals surface area contributed by atoms with E-state index >= 15 is 0 Å². The summed E-state index contributed by atoms with van der Waals surface area (Å²) < 4.78 is 0. The fourth-order valence-corrected chi connectivity index (χ4v) is 13.7. The Morgan fingerprint density at radius 2 is 0.621 bits per heavy atom. The molecule has 6 aliphatic rings. The number of fused-ring (bicyclic) bond motifs is 15. The first kappa shape index (κ1) is 31.7. The van der Waals surface area contributed by atoms with E-state index in [2.05, 4.69) is 202 Å². The summed E-state index contributed by atoms with van der Waals surface area (Å²) in [5.74, 6) is 0. The highest BCUT2D eigenvalue weighted by Gasteiger charge is 2.61. The van der Waals surface area contributed by atoms with Crippen molar-refractivity contribution in [2.24, 2.45) is 0 Å². The highest BCUT2D eigenvalue weighted by atomic mass is 15.2. The first-order chi connectivity index (χ1) is 28.3. The van der Waals surface area contributed by atoms with Gasteiger partial charge < -0.3 is 4.90 Å². The molecule has 0 atom stereocenters. The van der Waals surface area contributed by atoms with Crippen LogP contribution < -0.4 is 21.3 Å². The van der Waals surface area contributed by atoms with Crippen molar-refractivity contribution in [1.29, 1.82) is 0 Å². The van der Waals surface area contributed by atoms with Crippen LogP contribution >= 0.6 is 0 Å². The average molecular weight is 738 g/mol. The van der Waals surface area contributed by atoms with Gasteiger partial charge in [-0.1, -0.05) is 202 Å². The maximum Gasteiger partial charge on any atom is 0.243 e. The van der Waals surface area contributed by atoms with Crippen LogP contribution in [0.2, 0.25) is 0 Å². The number of hydrogen-bond acceptors (Lipinski definition) is 1. The number of anilines is 3. The van der Waals surface area contributed by atoms with Crippen molar-refractivity contribution >= 4 is 40.2 Å². The second kappa shape index (κ2) is 10.0. The maximum atomic E-state index is 2.65. The van der Waals surface area contributed by atoms with Crippen molar-refractivity contribution in [3.8, 4) is 11.1 Å². The van der Waals surface area contributed by atoms with Crippen LogP contribution in [0.3, 0.4) is 0 Å². The number of benzene rings is 8. The van der Waals surface area contributed by atoms with E-state index in [1.807, 2.05) is 0 Å². The minimum Gasteiger partial charge on any atom is -0.309 e. The van der Waals surface area contributed by atoms with E-state index in [0.29, 0.717) is 0 Å². The number of hydrogen-bond donors (Lipinski definition) is 0. The van der Waals surface area contributed by atoms with Crippen LogP contribution in [-0.4, -0.2) is 6.71 Å². The van der Waals surface area contributed by atoms with Gasteiger partial charge in [-0.3, -0.25) is 0 Å². The highest BCUT2D eigenvalue weighted by molar-refractivity contribution is 6.98. The zero-order chi connectivity index (χ0) is 38.5. The predicted octanol–water partition coefficient (Wildman–Crippen LogP) is 10.6. The average Bonchev–Trinajstić information content (AvgIpc) is 3.55. The third-order valence-corrected chi connectivity index (χ3v) is 15.8. The molecule has 0 unspecified atom stereocenters. The summed E-state index contributed by atoms with van der Waals surface area (Å²) in [6.45, 7) is 10.1. The van der Waals surface area contributed by atoms with Gasteiger partial charge in [-0.05, 0) is 90.0 Å². The molecule has 0 saturated heterocycles. The van der Waals surface area contributed by atoms with Crippen molar-refractivity contribution in [3.05, 3.63) is 237 Å². The highest BCUT2D eigenvalue weighted by Crippen LogP contribution is 2.68. The van der Waals surface area contributed by atoms with Gasteiger partial charge in [0.25, 0.3) is 0 Å². The van der Waals surface area contributed by atoms with E-state index in [1.54, 1.807) is 5.46 Å². The number of nitrogens with zero attached hydrogens (tertiary/aromatic N) is 1. The molecular weight excluding hydrogens is 697 g/mol. The van der Waals surface area contributed by atoms with Crippen LogP contribution in [0.4, 0.5) is 17.1 Å². The molecule has 2 spiro atoms. The van der Waals surface area contributed by atoms with Gasteiger partial charge in [0.1, 0.15) is 0 Å². The second-order valence-corrected chi connectivity index (χ2v) is 18.6. The van der Waals surface area contributed by atoms with E-state index in [0.717, 1.165) is 0 Å². The molecule has 0 N–H and O–H groups in total. The van der Waals surface area contributed by atoms with Gasteiger partial charge in [0.05, 0.1) is 27.9 Å². The Balaban J connectivity index is 1.21. The summed E-state index contributed by atoms with van der Waals surface area (Å²) in [5, 5.41) is 0. The zero-order valence-corrected chi connectivity index (χ0v) is 33.2. The normalized spacial score (nSPS) is 18.1. The van der Waals surface area contributed by atoms with Crippen LogP contribution in [0.15, 0.2) is 170 Å². The molecule has 14 rings (SSSR count). The van der Waals surface area contributed by atoms with Crippen molar-refractivity contribution < 1.29 is 0 Å². The van der Waals surface area contributed by atoms with Crippen LogP contribution in [0.1, 0.15) is 94.5 Å². The summed E-state index contributed by atoms with van der Waals surface area (Å²) in [6, 6.07) is 66.3. The van der Waals surface area contributed by atoms with Gasteiger partial charge in [-0.2, -0.15) is 0 Å². The Morgan fingerprint density at radius 3 is 1.07 bits per heavy atom. The summed E-state index contributed by atoms with van der Waals surface area (Å²) in [6.07, 6.45) is 0. The third kappa shape index (κ3) is 3.13. The smallest absolute Gasteiger partial charge is 0.243 e. The molecule has 2 heteroatoms. The van der Waals surface area contributed by atoms with Gasteiger partial charge in [-0.25, -0.2) is 0 Å². The Morgan fingerprint density at radius 1 is 0.310 bits per heavy atom. The zero-order valence-electron chi connectivity index (χ0n) is 33.2. The molecule has 8 aromatic rings. The van der Waals surface area contributed by atoms with Gasteiger partial charge in [0.15, 0.2) is 0 Å². The molecule has 272 valence electrons. The maximum absolute atomic E-state index is 2.65. The first-order valence-electron chi connectivity index (χ1n) is 21.1. The lowest BCUT2D eigenvalue weighted by Gasteiger charge is -2.57. The number of rotatable bonds is 0. The van der Waals surface area contributed by atoms with Crippen molar-refractivity contribution in [3.63, 3.8) is 0 Å². The Bertz CT molecular complexity index is 3090. The SMILES string of the molecule is CC1(C)c2cccc3c2B2c4c1cccc4C1(c4ccccc4N4c5ccccc5C5(c6ccccc6-c6ccccc65)c5cccc1c54)c1cccc(c12)C3(C)C. The molecule has 1 aliphatic carbocycles. The Labute approximate surface area is 340 Å². The lowest BCUT2D eigenvalue weighted by atomic mass is 9.23. The van der Waals surface area contributed by atoms with E-state index < -0.39 is 10.8 Å². The van der Waals surface area contributed by atoms with Crippen LogP contribution in [0.5, 0.6) is 0 Å². The summed E-state index contributed by atoms with van der Waals surface area (Å²) in [4.78, 5) is 2.65. The second-order valence-electron chi connectivity index (χ2n) is 18.6. The largest absolute Gasteiger partial charge is 0.309 e. The molecule has 0 saturated carbocycles. The molecule has 1 nitrogen and oxygen atoms in total. The molecule has 0 aromatic heterocycles. The molecule has 58 heavy (non-hydrogen) atoms. The minimum atomic E-state index is -0.563. The van der Waals surface area contributed by atoms with Crippen LogP contribution in [-0.2, 0) is 21.7 Å². The third-order valence-electron chi connectivity index (χ3n) is 15.8. The first-order valence-corrected chi connectivity index (χ1v) is 21.1. The van der Waals surface area contributed by atoms with E-state index in [-0.39, 0.29) is 17.5 Å². The topological polar surface area (TPSA) is 3.24 Å². The van der Waals surface area contributed by atoms with Gasteiger partial charge in [0.2, 0.25) is 6.71 Å². The fraction of sp³-hybridized carbons (Fsp3) is 0.143. The molecule has 5 aliphatic heterocycles. The fourth-order valence-electron chi connectivity index (χ4n) is 13.7. The van der Waals surface area contributed by atoms with Gasteiger partial charge >= 0.3 is 0 Å². The lowest BCUT2D eigenvalue weighted by Crippen LogP contribution is -2.72. The quantitative estimate of drug-likeness (QED) is 0.140. The van der Waals surface area contributed by atoms with E-state index in [1.165, 1.54) is 106 Å². The summed E-state index contributed by atoms with van der Waals surface area (Å²) >= 11 is 0. The molecule has 0 bridgehead atoms. The molecule has 0 fully saturated rings. The van der Waals surface area contributed by atoms with Crippen molar-refractivity contribution in [2.45, 2.75) is 49.4 Å². The van der Waals surface area contributed by atoms with Crippen LogP contribution in [0.25, 0.3) is 11.1 Å².